The Labute approximate surface area is 96.0 Å². The molecule has 0 aromatic carbocycles. The molecule has 0 aliphatic heterocycles. The molecular formula is C11H20N2OS. The Morgan fingerprint density at radius 3 is 2.87 bits per heavy atom. The molecule has 3 nitrogen and oxygen atoms in total. The minimum atomic E-state index is 0.549. The molecule has 15 heavy (non-hydrogen) atoms. The molecule has 0 amide bonds. The Morgan fingerprint density at radius 1 is 1.60 bits per heavy atom. The molecule has 0 saturated heterocycles. The van der Waals surface area contributed by atoms with E-state index in [1.807, 2.05) is 17.8 Å². The average Bonchev–Trinajstić information content (AvgIpc) is 2.66. The maximum absolute atomic E-state index is 5.52. The van der Waals surface area contributed by atoms with Crippen molar-refractivity contribution in [1.82, 2.24) is 4.90 Å². The zero-order valence-corrected chi connectivity index (χ0v) is 10.5. The minimum Gasteiger partial charge on any atom is -0.468 e. The van der Waals surface area contributed by atoms with Gasteiger partial charge in [-0.1, -0.05) is 0 Å². The molecular weight excluding hydrogens is 208 g/mol. The largest absolute Gasteiger partial charge is 0.468 e. The van der Waals surface area contributed by atoms with Gasteiger partial charge in [0, 0.05) is 23.9 Å². The standard InChI is InChI=1S/C11H20N2OS/c1-9(8-15-3)13(2)6-11-4-10(5-12)7-14-11/h4,7,9H,5-6,8,12H2,1-3H3. The summed E-state index contributed by atoms with van der Waals surface area (Å²) < 4.78 is 5.43. The Kier molecular flexibility index (Phi) is 5.22. The first-order valence-corrected chi connectivity index (χ1v) is 6.52. The van der Waals surface area contributed by atoms with E-state index < -0.39 is 0 Å². The number of rotatable bonds is 6. The average molecular weight is 228 g/mol. The Bertz CT molecular complexity index is 288. The third-order valence-corrected chi connectivity index (χ3v) is 3.33. The van der Waals surface area contributed by atoms with Crippen molar-refractivity contribution in [3.63, 3.8) is 0 Å². The van der Waals surface area contributed by atoms with Crippen LogP contribution in [0.5, 0.6) is 0 Å². The fourth-order valence-electron chi connectivity index (χ4n) is 1.39. The van der Waals surface area contributed by atoms with Crippen LogP contribution in [0, 0.1) is 0 Å². The molecule has 0 spiro atoms. The van der Waals surface area contributed by atoms with Crippen molar-refractivity contribution in [2.24, 2.45) is 5.73 Å². The summed E-state index contributed by atoms with van der Waals surface area (Å²) in [5, 5.41) is 0. The number of nitrogens with zero attached hydrogens (tertiary/aromatic N) is 1. The van der Waals surface area contributed by atoms with Gasteiger partial charge in [0.2, 0.25) is 0 Å². The van der Waals surface area contributed by atoms with E-state index in [-0.39, 0.29) is 0 Å². The predicted molar refractivity (Wildman–Crippen MR) is 65.9 cm³/mol. The lowest BCUT2D eigenvalue weighted by Crippen LogP contribution is -2.30. The maximum atomic E-state index is 5.52. The number of hydrogen-bond acceptors (Lipinski definition) is 4. The predicted octanol–water partition coefficient (Wildman–Crippen LogP) is 1.92. The van der Waals surface area contributed by atoms with Crippen LogP contribution in [0.1, 0.15) is 18.2 Å². The molecule has 0 saturated carbocycles. The first-order chi connectivity index (χ1) is 7.17. The third-order valence-electron chi connectivity index (χ3n) is 2.51. The van der Waals surface area contributed by atoms with E-state index in [9.17, 15) is 0 Å². The van der Waals surface area contributed by atoms with Crippen LogP contribution in [0.25, 0.3) is 0 Å². The molecule has 0 bridgehead atoms. The van der Waals surface area contributed by atoms with Crippen molar-refractivity contribution in [2.45, 2.75) is 26.1 Å². The molecule has 2 N–H and O–H groups in total. The fraction of sp³-hybridized carbons (Fsp3) is 0.636. The molecule has 0 radical (unpaired) electrons. The number of furan rings is 1. The monoisotopic (exact) mass is 228 g/mol. The van der Waals surface area contributed by atoms with Crippen LogP contribution in [-0.2, 0) is 13.1 Å². The van der Waals surface area contributed by atoms with Gasteiger partial charge in [-0.25, -0.2) is 0 Å². The topological polar surface area (TPSA) is 42.4 Å². The second-order valence-corrected chi connectivity index (χ2v) is 4.76. The lowest BCUT2D eigenvalue weighted by Gasteiger charge is -2.22. The summed E-state index contributed by atoms with van der Waals surface area (Å²) in [4.78, 5) is 2.29. The van der Waals surface area contributed by atoms with Crippen molar-refractivity contribution in [1.29, 1.82) is 0 Å². The highest BCUT2D eigenvalue weighted by atomic mass is 32.2. The molecule has 1 aromatic rings. The van der Waals surface area contributed by atoms with Gasteiger partial charge >= 0.3 is 0 Å². The molecule has 0 fully saturated rings. The smallest absolute Gasteiger partial charge is 0.118 e. The van der Waals surface area contributed by atoms with Crippen LogP contribution < -0.4 is 5.73 Å². The van der Waals surface area contributed by atoms with Gasteiger partial charge < -0.3 is 10.2 Å². The van der Waals surface area contributed by atoms with Crippen molar-refractivity contribution < 1.29 is 4.42 Å². The zero-order valence-electron chi connectivity index (χ0n) is 9.69. The summed E-state index contributed by atoms with van der Waals surface area (Å²) in [5.74, 6) is 2.13. The molecule has 1 heterocycles. The van der Waals surface area contributed by atoms with Gasteiger partial charge in [-0.3, -0.25) is 4.90 Å². The molecule has 4 heteroatoms. The molecule has 0 aliphatic carbocycles. The van der Waals surface area contributed by atoms with Crippen LogP contribution in [0.3, 0.4) is 0 Å². The highest BCUT2D eigenvalue weighted by Crippen LogP contribution is 2.12. The summed E-state index contributed by atoms with van der Waals surface area (Å²) in [6.45, 7) is 3.62. The van der Waals surface area contributed by atoms with E-state index in [4.69, 9.17) is 10.2 Å². The summed E-state index contributed by atoms with van der Waals surface area (Å²) in [6, 6.07) is 2.59. The third kappa shape index (κ3) is 3.89. The summed E-state index contributed by atoms with van der Waals surface area (Å²) >= 11 is 1.87. The Balaban J connectivity index is 2.46. The van der Waals surface area contributed by atoms with Crippen LogP contribution in [0.4, 0.5) is 0 Å². The van der Waals surface area contributed by atoms with Gasteiger partial charge in [0.25, 0.3) is 0 Å². The highest BCUT2D eigenvalue weighted by molar-refractivity contribution is 7.98. The molecule has 1 atom stereocenters. The van der Waals surface area contributed by atoms with Gasteiger partial charge in [0.1, 0.15) is 5.76 Å². The maximum Gasteiger partial charge on any atom is 0.118 e. The van der Waals surface area contributed by atoms with Crippen molar-refractivity contribution in [3.8, 4) is 0 Å². The second-order valence-electron chi connectivity index (χ2n) is 3.84. The fourth-order valence-corrected chi connectivity index (χ4v) is 2.12. The lowest BCUT2D eigenvalue weighted by molar-refractivity contribution is 0.247. The van der Waals surface area contributed by atoms with Crippen LogP contribution in [0.2, 0.25) is 0 Å². The van der Waals surface area contributed by atoms with Gasteiger partial charge in [-0.15, -0.1) is 0 Å². The second kappa shape index (κ2) is 6.20. The van der Waals surface area contributed by atoms with E-state index in [1.54, 1.807) is 6.26 Å². The molecule has 1 unspecified atom stereocenters. The van der Waals surface area contributed by atoms with E-state index in [0.717, 1.165) is 23.6 Å². The van der Waals surface area contributed by atoms with Crippen LogP contribution >= 0.6 is 11.8 Å². The lowest BCUT2D eigenvalue weighted by atomic mass is 10.3. The van der Waals surface area contributed by atoms with Gasteiger partial charge in [-0.2, -0.15) is 11.8 Å². The van der Waals surface area contributed by atoms with Gasteiger partial charge in [0.05, 0.1) is 12.8 Å². The Morgan fingerprint density at radius 2 is 2.33 bits per heavy atom. The molecule has 1 rings (SSSR count). The van der Waals surface area contributed by atoms with E-state index >= 15 is 0 Å². The molecule has 86 valence electrons. The van der Waals surface area contributed by atoms with Gasteiger partial charge in [-0.05, 0) is 26.3 Å². The summed E-state index contributed by atoms with van der Waals surface area (Å²) in [6.07, 6.45) is 3.87. The summed E-state index contributed by atoms with van der Waals surface area (Å²) in [5.41, 5.74) is 6.59. The number of hydrogen-bond donors (Lipinski definition) is 1. The SMILES string of the molecule is CSCC(C)N(C)Cc1cc(CN)co1. The summed E-state index contributed by atoms with van der Waals surface area (Å²) in [7, 11) is 2.12. The number of nitrogens with two attached hydrogens (primary N) is 1. The van der Waals surface area contributed by atoms with Crippen LogP contribution in [-0.4, -0.2) is 30.0 Å². The minimum absolute atomic E-state index is 0.549. The van der Waals surface area contributed by atoms with Crippen molar-refractivity contribution in [2.75, 3.05) is 19.1 Å². The highest BCUT2D eigenvalue weighted by Gasteiger charge is 2.10. The quantitative estimate of drug-likeness (QED) is 0.808. The number of thioether (sulfide) groups is 1. The van der Waals surface area contributed by atoms with Crippen molar-refractivity contribution in [3.05, 3.63) is 23.7 Å². The van der Waals surface area contributed by atoms with Gasteiger partial charge in [0.15, 0.2) is 0 Å². The molecule has 0 aliphatic rings. The van der Waals surface area contributed by atoms with E-state index in [1.165, 1.54) is 0 Å². The normalized spacial score (nSPS) is 13.4. The molecule has 1 aromatic heterocycles. The van der Waals surface area contributed by atoms with Crippen molar-refractivity contribution >= 4 is 11.8 Å². The zero-order chi connectivity index (χ0) is 11.3. The first-order valence-electron chi connectivity index (χ1n) is 5.13. The Hall–Kier alpha value is -0.450. The van der Waals surface area contributed by atoms with Crippen LogP contribution in [0.15, 0.2) is 16.7 Å². The van der Waals surface area contributed by atoms with E-state index in [0.29, 0.717) is 12.6 Å². The van der Waals surface area contributed by atoms with E-state index in [2.05, 4.69) is 25.1 Å². The first kappa shape index (κ1) is 12.6.